The Morgan fingerprint density at radius 3 is 2.60 bits per heavy atom. The molecule has 1 aliphatic carbocycles. The van der Waals surface area contributed by atoms with E-state index in [9.17, 15) is 0 Å². The summed E-state index contributed by atoms with van der Waals surface area (Å²) in [6.07, 6.45) is 2.44. The van der Waals surface area contributed by atoms with E-state index in [1.165, 1.54) is 18.4 Å². The van der Waals surface area contributed by atoms with Crippen molar-refractivity contribution in [3.8, 4) is 0 Å². The molecule has 1 aliphatic heterocycles. The molecule has 0 atom stereocenters. The van der Waals surface area contributed by atoms with Crippen molar-refractivity contribution in [2.24, 2.45) is 0 Å². The average molecular weight is 334 g/mol. The summed E-state index contributed by atoms with van der Waals surface area (Å²) in [7, 11) is 0. The van der Waals surface area contributed by atoms with E-state index in [1.807, 2.05) is 0 Å². The molecule has 1 aromatic carbocycles. The topological polar surface area (TPSA) is 42.2 Å². The van der Waals surface area contributed by atoms with E-state index in [1.54, 1.807) is 0 Å². The van der Waals surface area contributed by atoms with Crippen molar-refractivity contribution in [3.05, 3.63) is 46.0 Å². The van der Waals surface area contributed by atoms with Crippen molar-refractivity contribution >= 4 is 15.9 Å². The van der Waals surface area contributed by atoms with Crippen LogP contribution in [0.3, 0.4) is 0 Å². The molecular weight excluding hydrogens is 318 g/mol. The van der Waals surface area contributed by atoms with E-state index in [-0.39, 0.29) is 0 Å². The summed E-state index contributed by atoms with van der Waals surface area (Å²) >= 11 is 3.46. The Morgan fingerprint density at radius 2 is 1.90 bits per heavy atom. The number of rotatable bonds is 4. The molecule has 1 aromatic heterocycles. The number of hydrogen-bond acceptors (Lipinski definition) is 4. The van der Waals surface area contributed by atoms with Gasteiger partial charge in [-0.1, -0.05) is 33.2 Å². The van der Waals surface area contributed by atoms with Crippen LogP contribution in [-0.4, -0.2) is 28.1 Å². The fraction of sp³-hybridized carbons (Fsp3) is 0.467. The molecule has 0 spiro atoms. The zero-order chi connectivity index (χ0) is 13.5. The van der Waals surface area contributed by atoms with E-state index in [0.717, 1.165) is 35.8 Å². The normalized spacial score (nSPS) is 20.1. The summed E-state index contributed by atoms with van der Waals surface area (Å²) in [4.78, 5) is 6.95. The molecule has 104 valence electrons. The molecule has 0 unspecified atom stereocenters. The van der Waals surface area contributed by atoms with Gasteiger partial charge in [-0.3, -0.25) is 4.90 Å². The smallest absolute Gasteiger partial charge is 0.232 e. The number of aromatic nitrogens is 2. The molecule has 2 aliphatic rings. The van der Waals surface area contributed by atoms with Crippen molar-refractivity contribution in [2.75, 3.05) is 13.1 Å². The molecule has 1 saturated carbocycles. The fourth-order valence-electron chi connectivity index (χ4n) is 2.62. The highest BCUT2D eigenvalue weighted by molar-refractivity contribution is 9.10. The minimum absolute atomic E-state index is 0.422. The van der Waals surface area contributed by atoms with E-state index in [0.29, 0.717) is 11.8 Å². The Hall–Kier alpha value is -1.20. The second-order valence-corrected chi connectivity index (χ2v) is 6.70. The third kappa shape index (κ3) is 2.52. The van der Waals surface area contributed by atoms with Crippen LogP contribution in [0, 0.1) is 0 Å². The number of nitrogens with zero attached hydrogens (tertiary/aromatic N) is 3. The van der Waals surface area contributed by atoms with Crippen LogP contribution in [-0.2, 0) is 6.54 Å². The number of halogens is 1. The summed E-state index contributed by atoms with van der Waals surface area (Å²) in [5, 5.41) is 4.09. The summed E-state index contributed by atoms with van der Waals surface area (Å²) in [5.41, 5.74) is 1.34. The van der Waals surface area contributed by atoms with Gasteiger partial charge in [0.25, 0.3) is 0 Å². The zero-order valence-corrected chi connectivity index (χ0v) is 12.7. The summed E-state index contributed by atoms with van der Waals surface area (Å²) < 4.78 is 6.52. The first-order chi connectivity index (χ1) is 9.78. The van der Waals surface area contributed by atoms with E-state index < -0.39 is 0 Å². The van der Waals surface area contributed by atoms with Gasteiger partial charge in [-0.25, -0.2) is 0 Å². The predicted octanol–water partition coefficient (Wildman–Crippen LogP) is 3.31. The first-order valence-corrected chi connectivity index (χ1v) is 7.87. The molecule has 20 heavy (non-hydrogen) atoms. The van der Waals surface area contributed by atoms with Gasteiger partial charge in [0, 0.05) is 30.0 Å². The summed E-state index contributed by atoms with van der Waals surface area (Å²) in [5.74, 6) is 2.75. The highest BCUT2D eigenvalue weighted by Crippen LogP contribution is 2.39. The molecule has 0 radical (unpaired) electrons. The molecule has 1 saturated heterocycles. The van der Waals surface area contributed by atoms with Gasteiger partial charge < -0.3 is 4.52 Å². The Morgan fingerprint density at radius 1 is 1.15 bits per heavy atom. The number of hydrogen-bond donors (Lipinski definition) is 0. The van der Waals surface area contributed by atoms with Gasteiger partial charge in [0.2, 0.25) is 5.89 Å². The highest BCUT2D eigenvalue weighted by Gasteiger charge is 2.35. The lowest BCUT2D eigenvalue weighted by molar-refractivity contribution is 0.117. The Labute approximate surface area is 126 Å². The van der Waals surface area contributed by atoms with Gasteiger partial charge in [-0.15, -0.1) is 0 Å². The maximum absolute atomic E-state index is 5.39. The molecule has 2 fully saturated rings. The average Bonchev–Trinajstić information content (AvgIpc) is 3.15. The van der Waals surface area contributed by atoms with Gasteiger partial charge in [0.05, 0.1) is 5.92 Å². The molecular formula is C15H16BrN3O. The Balaban J connectivity index is 1.33. The second-order valence-electron chi connectivity index (χ2n) is 5.78. The quantitative estimate of drug-likeness (QED) is 0.860. The Bertz CT molecular complexity index is 600. The molecule has 0 bridgehead atoms. The van der Waals surface area contributed by atoms with Crippen LogP contribution < -0.4 is 0 Å². The van der Waals surface area contributed by atoms with Gasteiger partial charge >= 0.3 is 0 Å². The first-order valence-electron chi connectivity index (χ1n) is 7.08. The van der Waals surface area contributed by atoms with Crippen LogP contribution in [0.25, 0.3) is 0 Å². The van der Waals surface area contributed by atoms with Crippen molar-refractivity contribution < 1.29 is 4.52 Å². The molecule has 0 amide bonds. The molecule has 5 heteroatoms. The molecule has 0 N–H and O–H groups in total. The van der Waals surface area contributed by atoms with Crippen LogP contribution in [0.5, 0.6) is 0 Å². The van der Waals surface area contributed by atoms with Crippen LogP contribution in [0.15, 0.2) is 33.3 Å². The lowest BCUT2D eigenvalue weighted by Gasteiger charge is -2.37. The van der Waals surface area contributed by atoms with Crippen LogP contribution >= 0.6 is 15.9 Å². The second kappa shape index (κ2) is 4.97. The third-order valence-corrected chi connectivity index (χ3v) is 4.55. The van der Waals surface area contributed by atoms with Crippen molar-refractivity contribution in [3.63, 3.8) is 0 Å². The fourth-order valence-corrected chi connectivity index (χ4v) is 2.89. The van der Waals surface area contributed by atoms with Gasteiger partial charge in [-0.2, -0.15) is 4.98 Å². The predicted molar refractivity (Wildman–Crippen MR) is 78.4 cm³/mol. The lowest BCUT2D eigenvalue weighted by Crippen LogP contribution is -2.44. The van der Waals surface area contributed by atoms with Crippen LogP contribution in [0.4, 0.5) is 0 Å². The van der Waals surface area contributed by atoms with E-state index in [2.05, 4.69) is 55.2 Å². The standard InChI is InChI=1S/C15H16BrN3O/c16-13-5-1-10(2-6-13)7-19-8-12(9-19)15-17-14(18-20-15)11-3-4-11/h1-2,5-6,11-12H,3-4,7-9H2. The molecule has 4 nitrogen and oxygen atoms in total. The molecule has 2 aromatic rings. The van der Waals surface area contributed by atoms with Crippen molar-refractivity contribution in [2.45, 2.75) is 31.2 Å². The van der Waals surface area contributed by atoms with Crippen molar-refractivity contribution in [1.29, 1.82) is 0 Å². The maximum atomic E-state index is 5.39. The monoisotopic (exact) mass is 333 g/mol. The highest BCUT2D eigenvalue weighted by atomic mass is 79.9. The summed E-state index contributed by atoms with van der Waals surface area (Å²) in [6, 6.07) is 8.50. The van der Waals surface area contributed by atoms with E-state index in [4.69, 9.17) is 4.52 Å². The third-order valence-electron chi connectivity index (χ3n) is 4.03. The molecule has 4 rings (SSSR count). The SMILES string of the molecule is Brc1ccc(CN2CC(c3nc(C4CC4)no3)C2)cc1. The zero-order valence-electron chi connectivity index (χ0n) is 11.1. The van der Waals surface area contributed by atoms with Crippen LogP contribution in [0.2, 0.25) is 0 Å². The largest absolute Gasteiger partial charge is 0.339 e. The van der Waals surface area contributed by atoms with E-state index >= 15 is 0 Å². The maximum Gasteiger partial charge on any atom is 0.232 e. The van der Waals surface area contributed by atoms with Gasteiger partial charge in [-0.05, 0) is 30.5 Å². The Kier molecular flexibility index (Phi) is 3.11. The minimum Gasteiger partial charge on any atom is -0.339 e. The minimum atomic E-state index is 0.422. The first kappa shape index (κ1) is 12.5. The van der Waals surface area contributed by atoms with Crippen LogP contribution in [0.1, 0.15) is 42.0 Å². The van der Waals surface area contributed by atoms with Crippen molar-refractivity contribution in [1.82, 2.24) is 15.0 Å². The molecule has 2 heterocycles. The number of benzene rings is 1. The lowest BCUT2D eigenvalue weighted by atomic mass is 9.99. The van der Waals surface area contributed by atoms with Gasteiger partial charge in [0.15, 0.2) is 5.82 Å². The summed E-state index contributed by atoms with van der Waals surface area (Å²) in [6.45, 7) is 3.03. The van der Waals surface area contributed by atoms with Gasteiger partial charge in [0.1, 0.15) is 0 Å². The number of likely N-dealkylation sites (tertiary alicyclic amines) is 1.